The molecule has 8 nitrogen and oxygen atoms in total. The number of imidazole rings is 1. The van der Waals surface area contributed by atoms with Gasteiger partial charge in [0.2, 0.25) is 0 Å². The summed E-state index contributed by atoms with van der Waals surface area (Å²) in [5, 5.41) is 11.3. The molecule has 0 atom stereocenters. The third kappa shape index (κ3) is 8.02. The van der Waals surface area contributed by atoms with Crippen molar-refractivity contribution in [1.82, 2.24) is 20.0 Å². The highest BCUT2D eigenvalue weighted by Crippen LogP contribution is 2.13. The number of carbonyl (C=O) groups is 1. The van der Waals surface area contributed by atoms with Crippen LogP contribution < -0.4 is 16.0 Å². The van der Waals surface area contributed by atoms with Gasteiger partial charge >= 0.3 is 6.09 Å². The van der Waals surface area contributed by atoms with Crippen molar-refractivity contribution in [2.45, 2.75) is 39.3 Å². The molecule has 2 heterocycles. The Balaban J connectivity index is 0.00000341. The van der Waals surface area contributed by atoms with E-state index in [0.29, 0.717) is 12.2 Å². The predicted molar refractivity (Wildman–Crippen MR) is 137 cm³/mol. The molecule has 3 N–H and O–H groups in total. The van der Waals surface area contributed by atoms with Crippen LogP contribution in [-0.4, -0.2) is 40.6 Å². The molecule has 0 saturated carbocycles. The number of aliphatic imine (C=N–C) groups is 1. The highest BCUT2D eigenvalue weighted by molar-refractivity contribution is 14.0. The lowest BCUT2D eigenvalue weighted by atomic mass is 10.1. The van der Waals surface area contributed by atoms with Gasteiger partial charge in [-0.1, -0.05) is 12.1 Å². The molecule has 3 rings (SSSR count). The van der Waals surface area contributed by atoms with E-state index in [1.165, 1.54) is 0 Å². The quantitative estimate of drug-likeness (QED) is 0.240. The van der Waals surface area contributed by atoms with E-state index in [1.54, 1.807) is 18.4 Å². The molecule has 0 bridgehead atoms. The first-order valence-electron chi connectivity index (χ1n) is 9.77. The van der Waals surface area contributed by atoms with Crippen molar-refractivity contribution in [3.8, 4) is 0 Å². The van der Waals surface area contributed by atoms with Crippen molar-refractivity contribution in [2.75, 3.05) is 18.9 Å². The Labute approximate surface area is 203 Å². The number of nitrogens with one attached hydrogen (secondary N) is 3. The number of hydrogen-bond donors (Lipinski definition) is 3. The molecule has 2 aromatic heterocycles. The number of nitrogens with zero attached hydrogens (tertiary/aromatic N) is 3. The molecule has 0 spiro atoms. The van der Waals surface area contributed by atoms with Crippen LogP contribution in [0.3, 0.4) is 0 Å². The normalized spacial score (nSPS) is 11.7. The smallest absolute Gasteiger partial charge is 0.412 e. The number of guanidine groups is 1. The third-order valence-corrected chi connectivity index (χ3v) is 4.88. The SMILES string of the molecule is CN=C(NCCc1ccc(NC(=O)OC(C)(C)C)cc1)NCc1cn2ccsc2n1.I. The van der Waals surface area contributed by atoms with Gasteiger partial charge in [-0.05, 0) is 44.9 Å². The molecular weight excluding hydrogens is 527 g/mol. The number of fused-ring (bicyclic) bond motifs is 1. The van der Waals surface area contributed by atoms with Crippen molar-refractivity contribution in [2.24, 2.45) is 4.99 Å². The van der Waals surface area contributed by atoms with Crippen LogP contribution >= 0.6 is 35.3 Å². The molecule has 10 heteroatoms. The molecule has 1 amide bonds. The lowest BCUT2D eigenvalue weighted by Gasteiger charge is -2.19. The number of aromatic nitrogens is 2. The van der Waals surface area contributed by atoms with Gasteiger partial charge in [0.15, 0.2) is 10.9 Å². The Morgan fingerprint density at radius 2 is 1.97 bits per heavy atom. The first-order chi connectivity index (χ1) is 14.3. The second-order valence-electron chi connectivity index (χ2n) is 7.75. The Morgan fingerprint density at radius 1 is 1.23 bits per heavy atom. The summed E-state index contributed by atoms with van der Waals surface area (Å²) in [6.45, 7) is 6.85. The number of amides is 1. The molecule has 0 fully saturated rings. The standard InChI is InChI=1S/C21H28N6O2S.HI/c1-21(2,3)29-20(28)26-16-7-5-15(6-8-16)9-10-23-18(22-4)24-13-17-14-27-11-12-30-19(27)25-17;/h5-8,11-12,14H,9-10,13H2,1-4H3,(H,26,28)(H2,22,23,24);1H. The Kier molecular flexibility index (Phi) is 9.11. The van der Waals surface area contributed by atoms with E-state index in [-0.39, 0.29) is 24.0 Å². The molecular formula is C21H29IN6O2S. The highest BCUT2D eigenvalue weighted by Gasteiger charge is 2.16. The maximum absolute atomic E-state index is 11.8. The highest BCUT2D eigenvalue weighted by atomic mass is 127. The fourth-order valence-corrected chi connectivity index (χ4v) is 3.48. The molecule has 0 radical (unpaired) electrons. The molecule has 1 aromatic carbocycles. The molecule has 0 aliphatic rings. The van der Waals surface area contributed by atoms with Gasteiger partial charge in [-0.2, -0.15) is 0 Å². The maximum atomic E-state index is 11.8. The minimum Gasteiger partial charge on any atom is -0.444 e. The van der Waals surface area contributed by atoms with Gasteiger partial charge in [-0.15, -0.1) is 35.3 Å². The van der Waals surface area contributed by atoms with E-state index in [2.05, 4.69) is 25.9 Å². The van der Waals surface area contributed by atoms with Gasteiger partial charge in [0.1, 0.15) is 5.60 Å². The predicted octanol–water partition coefficient (Wildman–Crippen LogP) is 4.27. The number of hydrogen-bond acceptors (Lipinski definition) is 5. The third-order valence-electron chi connectivity index (χ3n) is 4.11. The first-order valence-corrected chi connectivity index (χ1v) is 10.6. The van der Waals surface area contributed by atoms with Crippen molar-refractivity contribution in [3.05, 3.63) is 53.3 Å². The van der Waals surface area contributed by atoms with Crippen LogP contribution in [0.15, 0.2) is 47.0 Å². The van der Waals surface area contributed by atoms with Crippen LogP contribution in [0.1, 0.15) is 32.0 Å². The number of anilines is 1. The minimum absolute atomic E-state index is 0. The summed E-state index contributed by atoms with van der Waals surface area (Å²) in [7, 11) is 1.75. The number of rotatable bonds is 6. The van der Waals surface area contributed by atoms with Crippen molar-refractivity contribution in [1.29, 1.82) is 0 Å². The molecule has 0 saturated heterocycles. The minimum atomic E-state index is -0.518. The largest absolute Gasteiger partial charge is 0.444 e. The first kappa shape index (κ1) is 24.9. The number of benzene rings is 1. The van der Waals surface area contributed by atoms with Gasteiger partial charge in [0.25, 0.3) is 0 Å². The van der Waals surface area contributed by atoms with Crippen molar-refractivity contribution < 1.29 is 9.53 Å². The maximum Gasteiger partial charge on any atom is 0.412 e. The molecule has 0 aliphatic carbocycles. The summed E-state index contributed by atoms with van der Waals surface area (Å²) in [6.07, 6.45) is 4.38. The summed E-state index contributed by atoms with van der Waals surface area (Å²) < 4.78 is 7.27. The summed E-state index contributed by atoms with van der Waals surface area (Å²) in [4.78, 5) is 21.6. The fraction of sp³-hybridized carbons (Fsp3) is 0.381. The number of halogens is 1. The van der Waals surface area contributed by atoms with Crippen LogP contribution in [-0.2, 0) is 17.7 Å². The fourth-order valence-electron chi connectivity index (χ4n) is 2.76. The topological polar surface area (TPSA) is 92.0 Å². The van der Waals surface area contributed by atoms with E-state index < -0.39 is 11.7 Å². The monoisotopic (exact) mass is 556 g/mol. The zero-order valence-electron chi connectivity index (χ0n) is 18.1. The summed E-state index contributed by atoms with van der Waals surface area (Å²) in [5.74, 6) is 0.731. The zero-order chi connectivity index (χ0) is 21.6. The zero-order valence-corrected chi connectivity index (χ0v) is 21.3. The molecule has 168 valence electrons. The number of thiazole rings is 1. The van der Waals surface area contributed by atoms with E-state index in [1.807, 2.05) is 67.2 Å². The van der Waals surface area contributed by atoms with Gasteiger partial charge in [-0.3, -0.25) is 14.7 Å². The molecule has 31 heavy (non-hydrogen) atoms. The van der Waals surface area contributed by atoms with E-state index >= 15 is 0 Å². The molecule has 3 aromatic rings. The Hall–Kier alpha value is -2.34. The van der Waals surface area contributed by atoms with E-state index in [0.717, 1.165) is 35.1 Å². The number of carbonyl (C=O) groups excluding carboxylic acids is 1. The lowest BCUT2D eigenvalue weighted by Crippen LogP contribution is -2.37. The van der Waals surface area contributed by atoms with Crippen LogP contribution in [0.4, 0.5) is 10.5 Å². The van der Waals surface area contributed by atoms with Crippen molar-refractivity contribution >= 4 is 58.0 Å². The average molecular weight is 556 g/mol. The van der Waals surface area contributed by atoms with Gasteiger partial charge in [-0.25, -0.2) is 9.78 Å². The van der Waals surface area contributed by atoms with Crippen LogP contribution in [0.5, 0.6) is 0 Å². The van der Waals surface area contributed by atoms with Gasteiger partial charge in [0, 0.05) is 37.1 Å². The Morgan fingerprint density at radius 3 is 2.61 bits per heavy atom. The van der Waals surface area contributed by atoms with E-state index in [4.69, 9.17) is 4.74 Å². The van der Waals surface area contributed by atoms with Gasteiger partial charge < -0.3 is 15.4 Å². The number of ether oxygens (including phenoxy) is 1. The second kappa shape index (κ2) is 11.3. The molecule has 0 unspecified atom stereocenters. The van der Waals surface area contributed by atoms with Crippen LogP contribution in [0.2, 0.25) is 0 Å². The van der Waals surface area contributed by atoms with Gasteiger partial charge in [0.05, 0.1) is 12.2 Å². The van der Waals surface area contributed by atoms with E-state index in [9.17, 15) is 4.79 Å². The van der Waals surface area contributed by atoms with Crippen LogP contribution in [0, 0.1) is 0 Å². The lowest BCUT2D eigenvalue weighted by molar-refractivity contribution is 0.0636. The summed E-state index contributed by atoms with van der Waals surface area (Å²) >= 11 is 1.61. The Bertz CT molecular complexity index is 978. The van der Waals surface area contributed by atoms with Crippen LogP contribution in [0.25, 0.3) is 4.96 Å². The summed E-state index contributed by atoms with van der Waals surface area (Å²) in [5.41, 5.74) is 2.31. The van der Waals surface area contributed by atoms with Crippen molar-refractivity contribution in [3.63, 3.8) is 0 Å². The molecule has 0 aliphatic heterocycles. The average Bonchev–Trinajstić information content (AvgIpc) is 3.26. The second-order valence-corrected chi connectivity index (χ2v) is 8.62. The summed E-state index contributed by atoms with van der Waals surface area (Å²) in [6, 6.07) is 7.72.